The number of hydrogen-bond donors (Lipinski definition) is 0. The second-order valence-corrected chi connectivity index (χ2v) is 10.2. The van der Waals surface area contributed by atoms with Gasteiger partial charge in [0.15, 0.2) is 17.4 Å². The van der Waals surface area contributed by atoms with Gasteiger partial charge < -0.3 is 9.47 Å². The van der Waals surface area contributed by atoms with Crippen LogP contribution in [-0.2, 0) is 6.11 Å². The Kier molecular flexibility index (Phi) is 10.1. The Hall–Kier alpha value is -3.89. The van der Waals surface area contributed by atoms with Gasteiger partial charge in [0.1, 0.15) is 41.3 Å². The van der Waals surface area contributed by atoms with E-state index in [4.69, 9.17) is 0 Å². The third kappa shape index (κ3) is 7.37. The molecule has 230 valence electrons. The molecule has 3 aromatic rings. The van der Waals surface area contributed by atoms with Crippen molar-refractivity contribution in [2.45, 2.75) is 50.6 Å². The Morgan fingerprint density at radius 2 is 1.37 bits per heavy atom. The summed E-state index contributed by atoms with van der Waals surface area (Å²) in [5.74, 6) is -11.0. The molecule has 0 unspecified atom stereocenters. The van der Waals surface area contributed by atoms with Gasteiger partial charge in [-0.15, -0.1) is 6.58 Å². The van der Waals surface area contributed by atoms with Crippen LogP contribution in [0.4, 0.5) is 39.5 Å². The summed E-state index contributed by atoms with van der Waals surface area (Å²) in [5, 5.41) is 0. The normalized spacial score (nSPS) is 17.3. The molecule has 0 saturated heterocycles. The molecule has 2 nitrogen and oxygen atoms in total. The molecule has 4 rings (SSSR count). The van der Waals surface area contributed by atoms with Gasteiger partial charge in [0.25, 0.3) is 0 Å². The van der Waals surface area contributed by atoms with Crippen molar-refractivity contribution in [1.82, 2.24) is 0 Å². The van der Waals surface area contributed by atoms with Crippen molar-refractivity contribution in [3.05, 3.63) is 107 Å². The average molecular weight is 615 g/mol. The zero-order valence-electron chi connectivity index (χ0n) is 22.7. The van der Waals surface area contributed by atoms with Crippen molar-refractivity contribution in [2.24, 2.45) is 5.92 Å². The minimum absolute atomic E-state index is 0.105. The lowest BCUT2D eigenvalue weighted by molar-refractivity contribution is -0.189. The number of halogens is 9. The van der Waals surface area contributed by atoms with Gasteiger partial charge in [0.2, 0.25) is 0 Å². The SMILES string of the molecule is C=CCCC1CCC(c2cc(F)c(-c3cc(F)c(C(F)(F)Oc4cc(F)c(O/C=C/CF)c(F)c4)c(F)c3)c(F)c2)CC1. The van der Waals surface area contributed by atoms with Gasteiger partial charge in [0, 0.05) is 12.1 Å². The summed E-state index contributed by atoms with van der Waals surface area (Å²) < 4.78 is 139. The topological polar surface area (TPSA) is 18.5 Å². The zero-order valence-corrected chi connectivity index (χ0v) is 22.7. The summed E-state index contributed by atoms with van der Waals surface area (Å²) in [4.78, 5) is 0. The fraction of sp³-hybridized carbons (Fsp3) is 0.312. The highest BCUT2D eigenvalue weighted by molar-refractivity contribution is 5.66. The molecule has 1 aliphatic carbocycles. The molecule has 0 heterocycles. The fourth-order valence-electron chi connectivity index (χ4n) is 5.30. The molecule has 11 heteroatoms. The first-order valence-electron chi connectivity index (χ1n) is 13.5. The standard InChI is InChI=1S/C32H27F9O2/c1-2-3-5-18-6-8-19(9-7-18)20-12-23(34)29(24(35)13-20)21-14-25(36)30(26(37)15-21)32(40,41)43-22-16-27(38)31(28(39)17-22)42-11-4-10-33/h2,4,11-19H,1,3,5-10H2/b11-4+. The Morgan fingerprint density at radius 3 is 1.91 bits per heavy atom. The maximum atomic E-state index is 15.1. The second-order valence-electron chi connectivity index (χ2n) is 10.2. The molecule has 1 aliphatic rings. The summed E-state index contributed by atoms with van der Waals surface area (Å²) >= 11 is 0. The smallest absolute Gasteiger partial charge is 0.432 e. The maximum absolute atomic E-state index is 15.1. The Balaban J connectivity index is 1.56. The number of hydrogen-bond acceptors (Lipinski definition) is 2. The number of rotatable bonds is 11. The molecule has 0 aliphatic heterocycles. The minimum Gasteiger partial charge on any atom is -0.459 e. The molecule has 0 bridgehead atoms. The van der Waals surface area contributed by atoms with Gasteiger partial charge in [-0.25, -0.2) is 30.7 Å². The molecule has 1 saturated carbocycles. The molecule has 0 spiro atoms. The molecule has 43 heavy (non-hydrogen) atoms. The van der Waals surface area contributed by atoms with Gasteiger partial charge in [-0.2, -0.15) is 8.78 Å². The van der Waals surface area contributed by atoms with E-state index in [2.05, 4.69) is 16.1 Å². The van der Waals surface area contributed by atoms with E-state index in [1.54, 1.807) is 0 Å². The van der Waals surface area contributed by atoms with E-state index in [-0.39, 0.29) is 18.1 Å². The predicted molar refractivity (Wildman–Crippen MR) is 142 cm³/mol. The minimum atomic E-state index is -4.81. The maximum Gasteiger partial charge on any atom is 0.432 e. The second kappa shape index (κ2) is 13.6. The van der Waals surface area contributed by atoms with E-state index >= 15 is 8.78 Å². The van der Waals surface area contributed by atoms with E-state index < -0.39 is 75.9 Å². The molecule has 1 fully saturated rings. The van der Waals surface area contributed by atoms with Crippen LogP contribution in [0.1, 0.15) is 55.6 Å². The first-order chi connectivity index (χ1) is 20.4. The number of allylic oxidation sites excluding steroid dienone is 2. The highest BCUT2D eigenvalue weighted by Gasteiger charge is 2.42. The third-order valence-electron chi connectivity index (χ3n) is 7.37. The lowest BCUT2D eigenvalue weighted by atomic mass is 9.77. The van der Waals surface area contributed by atoms with Crippen LogP contribution in [0.5, 0.6) is 11.5 Å². The lowest BCUT2D eigenvalue weighted by Crippen LogP contribution is -2.25. The quantitative estimate of drug-likeness (QED) is 0.122. The number of alkyl halides is 3. The first-order valence-corrected chi connectivity index (χ1v) is 13.5. The predicted octanol–water partition coefficient (Wildman–Crippen LogP) is 10.4. The van der Waals surface area contributed by atoms with E-state index in [1.807, 2.05) is 6.08 Å². The Bertz CT molecular complexity index is 1430. The zero-order chi connectivity index (χ0) is 31.3. The summed E-state index contributed by atoms with van der Waals surface area (Å²) in [7, 11) is 0. The van der Waals surface area contributed by atoms with Crippen LogP contribution in [0.25, 0.3) is 11.1 Å². The van der Waals surface area contributed by atoms with Crippen LogP contribution in [-0.4, -0.2) is 6.67 Å². The molecular weight excluding hydrogens is 587 g/mol. The van der Waals surface area contributed by atoms with Crippen LogP contribution in [0.2, 0.25) is 0 Å². The fourth-order valence-corrected chi connectivity index (χ4v) is 5.30. The van der Waals surface area contributed by atoms with E-state index in [0.717, 1.165) is 43.9 Å². The van der Waals surface area contributed by atoms with Crippen LogP contribution < -0.4 is 9.47 Å². The van der Waals surface area contributed by atoms with Crippen LogP contribution in [0.15, 0.2) is 61.4 Å². The summed E-state index contributed by atoms with van der Waals surface area (Å²) in [5.41, 5.74) is -3.04. The van der Waals surface area contributed by atoms with Crippen molar-refractivity contribution >= 4 is 0 Å². The van der Waals surface area contributed by atoms with E-state index in [9.17, 15) is 30.7 Å². The average Bonchev–Trinajstić information content (AvgIpc) is 2.92. The first kappa shape index (κ1) is 32.0. The largest absolute Gasteiger partial charge is 0.459 e. The van der Waals surface area contributed by atoms with Crippen molar-refractivity contribution < 1.29 is 49.0 Å². The number of ether oxygens (including phenoxy) is 2. The van der Waals surface area contributed by atoms with E-state index in [1.165, 1.54) is 0 Å². The van der Waals surface area contributed by atoms with Crippen LogP contribution in [0.3, 0.4) is 0 Å². The van der Waals surface area contributed by atoms with Crippen LogP contribution >= 0.6 is 0 Å². The lowest BCUT2D eigenvalue weighted by Gasteiger charge is -2.29. The monoisotopic (exact) mass is 614 g/mol. The van der Waals surface area contributed by atoms with Gasteiger partial charge in [-0.1, -0.05) is 6.08 Å². The molecule has 0 N–H and O–H groups in total. The van der Waals surface area contributed by atoms with Crippen molar-refractivity contribution in [3.63, 3.8) is 0 Å². The summed E-state index contributed by atoms with van der Waals surface area (Å²) in [6.07, 6.45) is 3.50. The van der Waals surface area contributed by atoms with E-state index in [0.29, 0.717) is 42.7 Å². The highest BCUT2D eigenvalue weighted by atomic mass is 19.3. The molecule has 0 atom stereocenters. The van der Waals surface area contributed by atoms with Gasteiger partial charge in [-0.3, -0.25) is 0 Å². The summed E-state index contributed by atoms with van der Waals surface area (Å²) in [6, 6.07) is 3.32. The molecule has 0 radical (unpaired) electrons. The molecule has 3 aromatic carbocycles. The Labute approximate surface area is 242 Å². The molecule has 0 amide bonds. The molecular formula is C32H27F9O2. The van der Waals surface area contributed by atoms with Crippen LogP contribution in [0, 0.1) is 40.8 Å². The molecule has 0 aromatic heterocycles. The van der Waals surface area contributed by atoms with Gasteiger partial charge in [-0.05, 0) is 91.8 Å². The Morgan fingerprint density at radius 1 is 0.791 bits per heavy atom. The van der Waals surface area contributed by atoms with Gasteiger partial charge >= 0.3 is 6.11 Å². The third-order valence-corrected chi connectivity index (χ3v) is 7.37. The van der Waals surface area contributed by atoms with Crippen molar-refractivity contribution in [1.29, 1.82) is 0 Å². The summed E-state index contributed by atoms with van der Waals surface area (Å²) in [6.45, 7) is 2.71. The number of benzene rings is 3. The van der Waals surface area contributed by atoms with Crippen molar-refractivity contribution in [3.8, 4) is 22.6 Å². The highest BCUT2D eigenvalue weighted by Crippen LogP contribution is 2.42. The van der Waals surface area contributed by atoms with Gasteiger partial charge in [0.05, 0.1) is 11.8 Å². The van der Waals surface area contributed by atoms with Crippen molar-refractivity contribution in [2.75, 3.05) is 6.67 Å².